The molecule has 1 heterocycles. The highest BCUT2D eigenvalue weighted by molar-refractivity contribution is 5.97. The van der Waals surface area contributed by atoms with Crippen LogP contribution in [0, 0.1) is 0 Å². The fourth-order valence-electron chi connectivity index (χ4n) is 1.08. The molecule has 0 saturated carbocycles. The molecule has 0 bridgehead atoms. The first-order valence-electron chi connectivity index (χ1n) is 4.28. The molecule has 0 spiro atoms. The SMILES string of the molecule is CCc1occc1C(=O)NCC(N)=O. The van der Waals surface area contributed by atoms with Crippen LogP contribution in [0.3, 0.4) is 0 Å². The van der Waals surface area contributed by atoms with E-state index >= 15 is 0 Å². The molecule has 0 radical (unpaired) electrons. The molecule has 0 saturated heterocycles. The molecular formula is C9H12N2O3. The summed E-state index contributed by atoms with van der Waals surface area (Å²) >= 11 is 0. The van der Waals surface area contributed by atoms with Crippen LogP contribution in [0.15, 0.2) is 16.7 Å². The van der Waals surface area contributed by atoms with E-state index in [0.717, 1.165) is 0 Å². The second-order valence-corrected chi connectivity index (χ2v) is 2.76. The van der Waals surface area contributed by atoms with Crippen molar-refractivity contribution in [1.29, 1.82) is 0 Å². The standard InChI is InChI=1S/C9H12N2O3/c1-2-7-6(3-4-14-7)9(13)11-5-8(10)12/h3-4H,2,5H2,1H3,(H2,10,12)(H,11,13). The number of hydrogen-bond donors (Lipinski definition) is 2. The van der Waals surface area contributed by atoms with Crippen LogP contribution in [0.25, 0.3) is 0 Å². The molecule has 2 amide bonds. The van der Waals surface area contributed by atoms with Crippen molar-refractivity contribution in [2.24, 2.45) is 5.73 Å². The molecule has 76 valence electrons. The Morgan fingerprint density at radius 1 is 1.57 bits per heavy atom. The predicted octanol–water partition coefficient (Wildman–Crippen LogP) is 0.0571. The molecule has 1 aromatic rings. The Morgan fingerprint density at radius 3 is 2.86 bits per heavy atom. The van der Waals surface area contributed by atoms with Gasteiger partial charge in [0.05, 0.1) is 18.4 Å². The van der Waals surface area contributed by atoms with Gasteiger partial charge in [0, 0.05) is 6.42 Å². The number of carbonyl (C=O) groups excluding carboxylic acids is 2. The van der Waals surface area contributed by atoms with Crippen LogP contribution in [0.5, 0.6) is 0 Å². The third kappa shape index (κ3) is 2.35. The van der Waals surface area contributed by atoms with E-state index in [0.29, 0.717) is 17.7 Å². The minimum absolute atomic E-state index is 0.160. The second kappa shape index (κ2) is 4.45. The van der Waals surface area contributed by atoms with Crippen molar-refractivity contribution in [3.05, 3.63) is 23.7 Å². The summed E-state index contributed by atoms with van der Waals surface area (Å²) in [4.78, 5) is 21.8. The fraction of sp³-hybridized carbons (Fsp3) is 0.333. The number of aryl methyl sites for hydroxylation is 1. The largest absolute Gasteiger partial charge is 0.469 e. The molecule has 1 rings (SSSR count). The lowest BCUT2D eigenvalue weighted by molar-refractivity contribution is -0.117. The first kappa shape index (κ1) is 10.3. The Labute approximate surface area is 81.3 Å². The second-order valence-electron chi connectivity index (χ2n) is 2.76. The maximum Gasteiger partial charge on any atom is 0.255 e. The molecular weight excluding hydrogens is 184 g/mol. The summed E-state index contributed by atoms with van der Waals surface area (Å²) in [6.07, 6.45) is 2.07. The van der Waals surface area contributed by atoms with Crippen molar-refractivity contribution < 1.29 is 14.0 Å². The van der Waals surface area contributed by atoms with E-state index in [2.05, 4.69) is 5.32 Å². The third-order valence-electron chi connectivity index (χ3n) is 1.73. The summed E-state index contributed by atoms with van der Waals surface area (Å²) in [6.45, 7) is 1.72. The Hall–Kier alpha value is -1.78. The van der Waals surface area contributed by atoms with Crippen molar-refractivity contribution in [2.45, 2.75) is 13.3 Å². The average Bonchev–Trinajstić information content (AvgIpc) is 2.61. The lowest BCUT2D eigenvalue weighted by Gasteiger charge is -2.01. The topological polar surface area (TPSA) is 85.3 Å². The van der Waals surface area contributed by atoms with E-state index in [1.54, 1.807) is 6.07 Å². The van der Waals surface area contributed by atoms with Crippen molar-refractivity contribution in [1.82, 2.24) is 5.32 Å². The Morgan fingerprint density at radius 2 is 2.29 bits per heavy atom. The van der Waals surface area contributed by atoms with Gasteiger partial charge in [0.2, 0.25) is 5.91 Å². The minimum atomic E-state index is -0.570. The first-order chi connectivity index (χ1) is 6.65. The normalized spacial score (nSPS) is 9.79. The van der Waals surface area contributed by atoms with Gasteiger partial charge in [-0.1, -0.05) is 6.92 Å². The molecule has 5 heteroatoms. The zero-order valence-corrected chi connectivity index (χ0v) is 7.87. The maximum atomic E-state index is 11.4. The highest BCUT2D eigenvalue weighted by atomic mass is 16.3. The van der Waals surface area contributed by atoms with Gasteiger partial charge in [-0.3, -0.25) is 9.59 Å². The third-order valence-corrected chi connectivity index (χ3v) is 1.73. The molecule has 0 fully saturated rings. The zero-order chi connectivity index (χ0) is 10.6. The van der Waals surface area contributed by atoms with Gasteiger partial charge in [-0.2, -0.15) is 0 Å². The van der Waals surface area contributed by atoms with E-state index in [1.807, 2.05) is 6.92 Å². The van der Waals surface area contributed by atoms with Crippen molar-refractivity contribution in [3.63, 3.8) is 0 Å². The molecule has 14 heavy (non-hydrogen) atoms. The van der Waals surface area contributed by atoms with E-state index in [4.69, 9.17) is 10.2 Å². The summed E-state index contributed by atoms with van der Waals surface area (Å²) in [5.41, 5.74) is 5.34. The summed E-state index contributed by atoms with van der Waals surface area (Å²) in [5.74, 6) is -0.304. The Bertz CT molecular complexity index is 344. The number of hydrogen-bond acceptors (Lipinski definition) is 3. The number of amides is 2. The molecule has 5 nitrogen and oxygen atoms in total. The van der Waals surface area contributed by atoms with E-state index in [9.17, 15) is 9.59 Å². The summed E-state index contributed by atoms with van der Waals surface area (Å²) in [6, 6.07) is 1.56. The van der Waals surface area contributed by atoms with Crippen LogP contribution in [0.2, 0.25) is 0 Å². The summed E-state index contributed by atoms with van der Waals surface area (Å²) in [5, 5.41) is 2.39. The lowest BCUT2D eigenvalue weighted by Crippen LogP contribution is -2.33. The average molecular weight is 196 g/mol. The predicted molar refractivity (Wildman–Crippen MR) is 49.6 cm³/mol. The molecule has 0 unspecified atom stereocenters. The Balaban J connectivity index is 2.64. The number of rotatable bonds is 4. The monoisotopic (exact) mass is 196 g/mol. The van der Waals surface area contributed by atoms with Gasteiger partial charge in [-0.15, -0.1) is 0 Å². The van der Waals surface area contributed by atoms with Crippen LogP contribution in [-0.2, 0) is 11.2 Å². The van der Waals surface area contributed by atoms with Gasteiger partial charge in [0.1, 0.15) is 5.76 Å². The minimum Gasteiger partial charge on any atom is -0.469 e. The van der Waals surface area contributed by atoms with Crippen molar-refractivity contribution >= 4 is 11.8 Å². The van der Waals surface area contributed by atoms with Crippen LogP contribution in [-0.4, -0.2) is 18.4 Å². The van der Waals surface area contributed by atoms with E-state index < -0.39 is 5.91 Å². The molecule has 0 aliphatic carbocycles. The number of furan rings is 1. The fourth-order valence-corrected chi connectivity index (χ4v) is 1.08. The van der Waals surface area contributed by atoms with Crippen LogP contribution < -0.4 is 11.1 Å². The zero-order valence-electron chi connectivity index (χ0n) is 7.87. The van der Waals surface area contributed by atoms with Crippen LogP contribution >= 0.6 is 0 Å². The van der Waals surface area contributed by atoms with Gasteiger partial charge in [0.15, 0.2) is 0 Å². The van der Waals surface area contributed by atoms with Gasteiger partial charge in [-0.25, -0.2) is 0 Å². The van der Waals surface area contributed by atoms with Gasteiger partial charge >= 0.3 is 0 Å². The summed E-state index contributed by atoms with van der Waals surface area (Å²) in [7, 11) is 0. The highest BCUT2D eigenvalue weighted by Gasteiger charge is 2.12. The van der Waals surface area contributed by atoms with Crippen LogP contribution in [0.1, 0.15) is 23.0 Å². The van der Waals surface area contributed by atoms with Crippen molar-refractivity contribution in [2.75, 3.05) is 6.54 Å². The Kier molecular flexibility index (Phi) is 3.28. The number of nitrogens with one attached hydrogen (secondary N) is 1. The highest BCUT2D eigenvalue weighted by Crippen LogP contribution is 2.10. The van der Waals surface area contributed by atoms with Gasteiger partial charge in [-0.05, 0) is 6.07 Å². The smallest absolute Gasteiger partial charge is 0.255 e. The summed E-state index contributed by atoms with van der Waals surface area (Å²) < 4.78 is 5.06. The molecule has 3 N–H and O–H groups in total. The number of primary amides is 1. The molecule has 0 atom stereocenters. The molecule has 0 aromatic carbocycles. The first-order valence-corrected chi connectivity index (χ1v) is 4.28. The molecule has 0 aliphatic heterocycles. The van der Waals surface area contributed by atoms with Gasteiger partial charge < -0.3 is 15.5 Å². The van der Waals surface area contributed by atoms with Crippen molar-refractivity contribution in [3.8, 4) is 0 Å². The van der Waals surface area contributed by atoms with E-state index in [-0.39, 0.29) is 12.5 Å². The maximum absolute atomic E-state index is 11.4. The van der Waals surface area contributed by atoms with E-state index in [1.165, 1.54) is 6.26 Å². The quantitative estimate of drug-likeness (QED) is 0.713. The number of nitrogens with two attached hydrogens (primary N) is 1. The van der Waals surface area contributed by atoms with Crippen LogP contribution in [0.4, 0.5) is 0 Å². The number of carbonyl (C=O) groups is 2. The molecule has 1 aromatic heterocycles. The van der Waals surface area contributed by atoms with Gasteiger partial charge in [0.25, 0.3) is 5.91 Å². The lowest BCUT2D eigenvalue weighted by atomic mass is 10.2. The molecule has 0 aliphatic rings.